The molecule has 1 aliphatic rings. The number of Topliss-reactive ketones (excluding diaryl/α,β-unsaturated/α-hetero) is 1. The van der Waals surface area contributed by atoms with Crippen molar-refractivity contribution in [1.82, 2.24) is 0 Å². The lowest BCUT2D eigenvalue weighted by molar-refractivity contribution is -0.128. The molecule has 0 bridgehead atoms. The standard InChI is InChI=1S/C11H20O2/c1-2-3-7-10(12)9-6-4-5-8-11(9)13/h9-10,12H,2-8H2,1H3. The molecule has 1 saturated carbocycles. The van der Waals surface area contributed by atoms with Crippen molar-refractivity contribution in [2.45, 2.75) is 58.0 Å². The highest BCUT2D eigenvalue weighted by Gasteiger charge is 2.28. The largest absolute Gasteiger partial charge is 0.392 e. The number of unbranched alkanes of at least 4 members (excludes halogenated alkanes) is 1. The minimum absolute atomic E-state index is 0.0414. The second-order valence-corrected chi connectivity index (χ2v) is 4.03. The molecule has 2 unspecified atom stereocenters. The summed E-state index contributed by atoms with van der Waals surface area (Å²) < 4.78 is 0. The van der Waals surface area contributed by atoms with E-state index in [-0.39, 0.29) is 17.8 Å². The van der Waals surface area contributed by atoms with Crippen molar-refractivity contribution in [2.24, 2.45) is 5.92 Å². The molecule has 0 radical (unpaired) electrons. The number of carbonyl (C=O) groups excluding carboxylic acids is 1. The fraction of sp³-hybridized carbons (Fsp3) is 0.909. The first kappa shape index (κ1) is 10.7. The van der Waals surface area contributed by atoms with Crippen molar-refractivity contribution in [3.8, 4) is 0 Å². The molecule has 0 aromatic rings. The Morgan fingerprint density at radius 1 is 1.54 bits per heavy atom. The van der Waals surface area contributed by atoms with Crippen LogP contribution in [0.3, 0.4) is 0 Å². The van der Waals surface area contributed by atoms with Crippen molar-refractivity contribution in [1.29, 1.82) is 0 Å². The van der Waals surface area contributed by atoms with Crippen molar-refractivity contribution in [3.63, 3.8) is 0 Å². The van der Waals surface area contributed by atoms with E-state index in [0.29, 0.717) is 6.42 Å². The van der Waals surface area contributed by atoms with Crippen LogP contribution >= 0.6 is 0 Å². The summed E-state index contributed by atoms with van der Waals surface area (Å²) in [6.07, 6.45) is 6.29. The topological polar surface area (TPSA) is 37.3 Å². The van der Waals surface area contributed by atoms with Crippen LogP contribution in [0.15, 0.2) is 0 Å². The molecule has 0 spiro atoms. The Morgan fingerprint density at radius 2 is 2.31 bits per heavy atom. The van der Waals surface area contributed by atoms with Gasteiger partial charge in [0.25, 0.3) is 0 Å². The van der Waals surface area contributed by atoms with Crippen LogP contribution in [0.4, 0.5) is 0 Å². The van der Waals surface area contributed by atoms with E-state index in [9.17, 15) is 9.90 Å². The van der Waals surface area contributed by atoms with E-state index >= 15 is 0 Å². The second kappa shape index (κ2) is 5.38. The molecular formula is C11H20O2. The quantitative estimate of drug-likeness (QED) is 0.728. The highest BCUT2D eigenvalue weighted by Crippen LogP contribution is 2.25. The van der Waals surface area contributed by atoms with Crippen LogP contribution < -0.4 is 0 Å². The van der Waals surface area contributed by atoms with Crippen LogP contribution in [-0.4, -0.2) is 17.0 Å². The van der Waals surface area contributed by atoms with Crippen molar-refractivity contribution >= 4 is 5.78 Å². The van der Waals surface area contributed by atoms with Crippen LogP contribution in [-0.2, 0) is 4.79 Å². The summed E-state index contributed by atoms with van der Waals surface area (Å²) in [6.45, 7) is 2.11. The molecule has 76 valence electrons. The van der Waals surface area contributed by atoms with Crippen molar-refractivity contribution in [3.05, 3.63) is 0 Å². The zero-order chi connectivity index (χ0) is 9.68. The molecule has 0 heterocycles. The normalized spacial score (nSPS) is 26.0. The molecule has 1 fully saturated rings. The van der Waals surface area contributed by atoms with Gasteiger partial charge in [-0.15, -0.1) is 0 Å². The molecular weight excluding hydrogens is 164 g/mol. The SMILES string of the molecule is CCCCC(O)C1CCCCC1=O. The molecule has 13 heavy (non-hydrogen) atoms. The van der Waals surface area contributed by atoms with Gasteiger partial charge in [0.1, 0.15) is 5.78 Å². The molecule has 1 rings (SSSR count). The van der Waals surface area contributed by atoms with Crippen LogP contribution in [0.1, 0.15) is 51.9 Å². The maximum atomic E-state index is 11.4. The Bertz CT molecular complexity index is 165. The molecule has 0 amide bonds. The molecule has 0 aromatic carbocycles. The van der Waals surface area contributed by atoms with Crippen molar-refractivity contribution in [2.75, 3.05) is 0 Å². The summed E-state index contributed by atoms with van der Waals surface area (Å²) in [5, 5.41) is 9.75. The number of hydrogen-bond donors (Lipinski definition) is 1. The Morgan fingerprint density at radius 3 is 2.92 bits per heavy atom. The Hall–Kier alpha value is -0.370. The van der Waals surface area contributed by atoms with Gasteiger partial charge in [0.05, 0.1) is 6.10 Å². The summed E-state index contributed by atoms with van der Waals surface area (Å²) in [5.74, 6) is 0.246. The van der Waals surface area contributed by atoms with Gasteiger partial charge in [-0.2, -0.15) is 0 Å². The Kier molecular flexibility index (Phi) is 4.43. The van der Waals surface area contributed by atoms with Gasteiger partial charge in [0, 0.05) is 12.3 Å². The zero-order valence-corrected chi connectivity index (χ0v) is 8.46. The monoisotopic (exact) mass is 184 g/mol. The average Bonchev–Trinajstić information content (AvgIpc) is 2.15. The number of carbonyl (C=O) groups is 1. The van der Waals surface area contributed by atoms with Gasteiger partial charge in [-0.3, -0.25) is 4.79 Å². The van der Waals surface area contributed by atoms with Gasteiger partial charge in [-0.25, -0.2) is 0 Å². The van der Waals surface area contributed by atoms with E-state index in [1.165, 1.54) is 0 Å². The van der Waals surface area contributed by atoms with E-state index in [0.717, 1.165) is 38.5 Å². The van der Waals surface area contributed by atoms with Crippen LogP contribution in [0.2, 0.25) is 0 Å². The zero-order valence-electron chi connectivity index (χ0n) is 8.46. The Labute approximate surface area is 80.3 Å². The molecule has 0 aromatic heterocycles. The third kappa shape index (κ3) is 3.11. The molecule has 1 N–H and O–H groups in total. The maximum absolute atomic E-state index is 11.4. The van der Waals surface area contributed by atoms with Crippen LogP contribution in [0, 0.1) is 5.92 Å². The summed E-state index contributed by atoms with van der Waals surface area (Å²) in [4.78, 5) is 11.4. The first-order valence-corrected chi connectivity index (χ1v) is 5.46. The number of aliphatic hydroxyl groups is 1. The smallest absolute Gasteiger partial charge is 0.138 e. The van der Waals surface area contributed by atoms with Gasteiger partial charge < -0.3 is 5.11 Å². The van der Waals surface area contributed by atoms with Crippen LogP contribution in [0.25, 0.3) is 0 Å². The fourth-order valence-electron chi connectivity index (χ4n) is 2.03. The van der Waals surface area contributed by atoms with Gasteiger partial charge in [-0.1, -0.05) is 26.2 Å². The van der Waals surface area contributed by atoms with E-state index in [2.05, 4.69) is 6.92 Å². The summed E-state index contributed by atoms with van der Waals surface area (Å²) >= 11 is 0. The predicted molar refractivity (Wildman–Crippen MR) is 52.5 cm³/mol. The molecule has 0 aliphatic heterocycles. The number of ketones is 1. The van der Waals surface area contributed by atoms with E-state index in [1.54, 1.807) is 0 Å². The molecule has 2 nitrogen and oxygen atoms in total. The first-order chi connectivity index (χ1) is 6.25. The van der Waals surface area contributed by atoms with Gasteiger partial charge >= 0.3 is 0 Å². The third-order valence-electron chi connectivity index (χ3n) is 2.92. The summed E-state index contributed by atoms with van der Waals surface area (Å²) in [6, 6.07) is 0. The van der Waals surface area contributed by atoms with Crippen molar-refractivity contribution < 1.29 is 9.90 Å². The number of hydrogen-bond acceptors (Lipinski definition) is 2. The minimum atomic E-state index is -0.368. The number of rotatable bonds is 4. The van der Waals surface area contributed by atoms with E-state index in [4.69, 9.17) is 0 Å². The predicted octanol–water partition coefficient (Wildman–Crippen LogP) is 2.30. The van der Waals surface area contributed by atoms with Crippen LogP contribution in [0.5, 0.6) is 0 Å². The fourth-order valence-corrected chi connectivity index (χ4v) is 2.03. The van der Waals surface area contributed by atoms with E-state index in [1.807, 2.05) is 0 Å². The summed E-state index contributed by atoms with van der Waals surface area (Å²) in [5.41, 5.74) is 0. The lowest BCUT2D eigenvalue weighted by Crippen LogP contribution is -2.30. The third-order valence-corrected chi connectivity index (χ3v) is 2.92. The maximum Gasteiger partial charge on any atom is 0.138 e. The minimum Gasteiger partial charge on any atom is -0.392 e. The lowest BCUT2D eigenvalue weighted by atomic mass is 9.82. The van der Waals surface area contributed by atoms with Gasteiger partial charge in [0.2, 0.25) is 0 Å². The molecule has 2 atom stereocenters. The Balaban J connectivity index is 2.34. The van der Waals surface area contributed by atoms with Gasteiger partial charge in [-0.05, 0) is 19.3 Å². The summed E-state index contributed by atoms with van der Waals surface area (Å²) in [7, 11) is 0. The molecule has 2 heteroatoms. The average molecular weight is 184 g/mol. The number of aliphatic hydroxyl groups excluding tert-OH is 1. The molecule has 0 saturated heterocycles. The molecule has 1 aliphatic carbocycles. The first-order valence-electron chi connectivity index (χ1n) is 5.46. The van der Waals surface area contributed by atoms with Gasteiger partial charge in [0.15, 0.2) is 0 Å². The lowest BCUT2D eigenvalue weighted by Gasteiger charge is -2.25. The second-order valence-electron chi connectivity index (χ2n) is 4.03. The highest BCUT2D eigenvalue weighted by molar-refractivity contribution is 5.82. The highest BCUT2D eigenvalue weighted by atomic mass is 16.3. The van der Waals surface area contributed by atoms with E-state index < -0.39 is 0 Å².